The molecule has 2 aromatic rings. The van der Waals surface area contributed by atoms with E-state index in [1.54, 1.807) is 17.8 Å². The van der Waals surface area contributed by atoms with E-state index in [2.05, 4.69) is 10.4 Å². The zero-order valence-electron chi connectivity index (χ0n) is 11.4. The van der Waals surface area contributed by atoms with E-state index in [0.29, 0.717) is 24.2 Å². The van der Waals surface area contributed by atoms with Crippen LogP contribution in [0.25, 0.3) is 10.9 Å². The van der Waals surface area contributed by atoms with Gasteiger partial charge in [-0.3, -0.25) is 19.6 Å². The van der Waals surface area contributed by atoms with Crippen molar-refractivity contribution in [1.82, 2.24) is 15.1 Å². The number of benzene rings is 1. The molecule has 1 fully saturated rings. The standard InChI is InChI=1S/C14H16N4O2/c1-14(7-6-10(19)16-13(14)20)12-8-4-3-5-9(15)11(8)18(2)17-12/h3-5H,6-7,15H2,1-2H3,(H,16,19,20)/t14-/m1/s1. The number of rotatable bonds is 1. The number of carbonyl (C=O) groups excluding carboxylic acids is 2. The number of piperidine rings is 1. The number of anilines is 1. The first-order valence-corrected chi connectivity index (χ1v) is 6.49. The largest absolute Gasteiger partial charge is 0.397 e. The monoisotopic (exact) mass is 272 g/mol. The molecule has 104 valence electrons. The highest BCUT2D eigenvalue weighted by Crippen LogP contribution is 2.36. The Morgan fingerprint density at radius 3 is 2.85 bits per heavy atom. The molecule has 20 heavy (non-hydrogen) atoms. The number of amides is 2. The molecule has 0 bridgehead atoms. The maximum atomic E-state index is 12.3. The molecule has 1 aliphatic rings. The molecule has 2 heterocycles. The Kier molecular flexibility index (Phi) is 2.57. The number of nitrogens with zero attached hydrogens (tertiary/aromatic N) is 2. The fourth-order valence-electron chi connectivity index (χ4n) is 2.81. The molecule has 2 amide bonds. The number of aryl methyl sites for hydroxylation is 1. The summed E-state index contributed by atoms with van der Waals surface area (Å²) in [6.07, 6.45) is 0.779. The first-order chi connectivity index (χ1) is 9.43. The lowest BCUT2D eigenvalue weighted by Crippen LogP contribution is -2.50. The first-order valence-electron chi connectivity index (χ1n) is 6.49. The second-order valence-electron chi connectivity index (χ2n) is 5.43. The van der Waals surface area contributed by atoms with Crippen molar-refractivity contribution in [2.24, 2.45) is 7.05 Å². The Hall–Kier alpha value is -2.37. The third-order valence-electron chi connectivity index (χ3n) is 4.02. The third-order valence-corrected chi connectivity index (χ3v) is 4.02. The summed E-state index contributed by atoms with van der Waals surface area (Å²) in [7, 11) is 1.80. The zero-order valence-corrected chi connectivity index (χ0v) is 11.4. The van der Waals surface area contributed by atoms with Gasteiger partial charge in [0.05, 0.1) is 22.3 Å². The predicted octanol–water partition coefficient (Wildman–Crippen LogP) is 0.850. The van der Waals surface area contributed by atoms with Gasteiger partial charge in [-0.05, 0) is 19.4 Å². The molecule has 1 saturated heterocycles. The molecule has 0 saturated carbocycles. The van der Waals surface area contributed by atoms with Crippen LogP contribution in [0.3, 0.4) is 0 Å². The van der Waals surface area contributed by atoms with Crippen LogP contribution >= 0.6 is 0 Å². The van der Waals surface area contributed by atoms with Gasteiger partial charge in [0.15, 0.2) is 0 Å². The smallest absolute Gasteiger partial charge is 0.238 e. The van der Waals surface area contributed by atoms with Crippen LogP contribution in [-0.2, 0) is 22.1 Å². The average molecular weight is 272 g/mol. The van der Waals surface area contributed by atoms with Crippen molar-refractivity contribution < 1.29 is 9.59 Å². The highest BCUT2D eigenvalue weighted by Gasteiger charge is 2.43. The topological polar surface area (TPSA) is 90.0 Å². The van der Waals surface area contributed by atoms with Gasteiger partial charge in [-0.15, -0.1) is 0 Å². The summed E-state index contributed by atoms with van der Waals surface area (Å²) in [6.45, 7) is 1.82. The highest BCUT2D eigenvalue weighted by atomic mass is 16.2. The van der Waals surface area contributed by atoms with Crippen LogP contribution in [0.15, 0.2) is 18.2 Å². The molecule has 0 aliphatic carbocycles. The predicted molar refractivity (Wildman–Crippen MR) is 74.9 cm³/mol. The Bertz CT molecular complexity index is 734. The number of nitrogen functional groups attached to an aromatic ring is 1. The lowest BCUT2D eigenvalue weighted by atomic mass is 9.77. The fourth-order valence-corrected chi connectivity index (χ4v) is 2.81. The second-order valence-corrected chi connectivity index (χ2v) is 5.43. The molecule has 1 aliphatic heterocycles. The number of hydrogen-bond acceptors (Lipinski definition) is 4. The Morgan fingerprint density at radius 1 is 1.40 bits per heavy atom. The minimum atomic E-state index is -0.804. The minimum Gasteiger partial charge on any atom is -0.397 e. The van der Waals surface area contributed by atoms with Crippen LogP contribution in [0, 0.1) is 0 Å². The van der Waals surface area contributed by atoms with Gasteiger partial charge < -0.3 is 5.73 Å². The summed E-state index contributed by atoms with van der Waals surface area (Å²) in [5.74, 6) is -0.525. The first kappa shape index (κ1) is 12.7. The summed E-state index contributed by atoms with van der Waals surface area (Å²) in [4.78, 5) is 23.6. The molecule has 0 spiro atoms. The van der Waals surface area contributed by atoms with Crippen LogP contribution in [0.2, 0.25) is 0 Å². The summed E-state index contributed by atoms with van der Waals surface area (Å²) in [5.41, 5.74) is 7.29. The molecule has 0 unspecified atom stereocenters. The van der Waals surface area contributed by atoms with E-state index < -0.39 is 5.41 Å². The zero-order chi connectivity index (χ0) is 14.5. The number of para-hydroxylation sites is 1. The van der Waals surface area contributed by atoms with Gasteiger partial charge >= 0.3 is 0 Å². The van der Waals surface area contributed by atoms with Crippen molar-refractivity contribution in [2.75, 3.05) is 5.73 Å². The Labute approximate surface area is 115 Å². The van der Waals surface area contributed by atoms with E-state index >= 15 is 0 Å². The molecule has 3 rings (SSSR count). The number of imide groups is 1. The Balaban J connectivity index is 2.22. The lowest BCUT2D eigenvalue weighted by molar-refractivity contribution is -0.137. The number of nitrogens with one attached hydrogen (secondary N) is 1. The van der Waals surface area contributed by atoms with E-state index in [1.807, 2.05) is 19.1 Å². The van der Waals surface area contributed by atoms with Crippen molar-refractivity contribution in [3.63, 3.8) is 0 Å². The van der Waals surface area contributed by atoms with Gasteiger partial charge in [0.25, 0.3) is 0 Å². The summed E-state index contributed by atoms with van der Waals surface area (Å²) in [6, 6.07) is 5.56. The van der Waals surface area contributed by atoms with Crippen LogP contribution < -0.4 is 11.1 Å². The van der Waals surface area contributed by atoms with E-state index in [-0.39, 0.29) is 11.8 Å². The Morgan fingerprint density at radius 2 is 2.15 bits per heavy atom. The molecule has 3 N–H and O–H groups in total. The lowest BCUT2D eigenvalue weighted by Gasteiger charge is -2.30. The van der Waals surface area contributed by atoms with Crippen molar-refractivity contribution in [1.29, 1.82) is 0 Å². The van der Waals surface area contributed by atoms with Gasteiger partial charge in [0.1, 0.15) is 0 Å². The van der Waals surface area contributed by atoms with Crippen LogP contribution in [0.5, 0.6) is 0 Å². The van der Waals surface area contributed by atoms with Gasteiger partial charge in [0, 0.05) is 18.9 Å². The summed E-state index contributed by atoms with van der Waals surface area (Å²) < 4.78 is 1.69. The second kappa shape index (κ2) is 4.06. The van der Waals surface area contributed by atoms with Gasteiger partial charge in [-0.2, -0.15) is 5.10 Å². The SMILES string of the molecule is Cn1nc([C@@]2(C)CCC(=O)NC2=O)c2cccc(N)c21. The highest BCUT2D eigenvalue weighted by molar-refractivity contribution is 6.05. The molecule has 1 aromatic heterocycles. The maximum Gasteiger partial charge on any atom is 0.238 e. The normalized spacial score (nSPS) is 23.1. The molecule has 0 radical (unpaired) electrons. The molecular weight excluding hydrogens is 256 g/mol. The molecule has 6 heteroatoms. The van der Waals surface area contributed by atoms with Gasteiger partial charge in [-0.1, -0.05) is 12.1 Å². The quantitative estimate of drug-likeness (QED) is 0.595. The molecule has 1 atom stereocenters. The van der Waals surface area contributed by atoms with Crippen molar-refractivity contribution in [3.8, 4) is 0 Å². The van der Waals surface area contributed by atoms with Crippen molar-refractivity contribution >= 4 is 28.4 Å². The fraction of sp³-hybridized carbons (Fsp3) is 0.357. The van der Waals surface area contributed by atoms with Crippen LogP contribution in [-0.4, -0.2) is 21.6 Å². The third kappa shape index (κ3) is 1.61. The number of hydrogen-bond donors (Lipinski definition) is 2. The van der Waals surface area contributed by atoms with E-state index in [0.717, 1.165) is 10.9 Å². The number of carbonyl (C=O) groups is 2. The molecular formula is C14H16N4O2. The summed E-state index contributed by atoms with van der Waals surface area (Å²) in [5, 5.41) is 7.75. The number of aromatic nitrogens is 2. The van der Waals surface area contributed by atoms with Gasteiger partial charge in [0.2, 0.25) is 11.8 Å². The average Bonchev–Trinajstić information content (AvgIpc) is 2.74. The molecule has 6 nitrogen and oxygen atoms in total. The van der Waals surface area contributed by atoms with Crippen LogP contribution in [0.1, 0.15) is 25.5 Å². The number of fused-ring (bicyclic) bond motifs is 1. The van der Waals surface area contributed by atoms with E-state index in [1.165, 1.54) is 0 Å². The minimum absolute atomic E-state index is 0.229. The van der Waals surface area contributed by atoms with E-state index in [9.17, 15) is 9.59 Å². The number of nitrogens with two attached hydrogens (primary N) is 1. The van der Waals surface area contributed by atoms with Crippen molar-refractivity contribution in [2.45, 2.75) is 25.2 Å². The summed E-state index contributed by atoms with van der Waals surface area (Å²) >= 11 is 0. The van der Waals surface area contributed by atoms with Crippen molar-refractivity contribution in [3.05, 3.63) is 23.9 Å². The van der Waals surface area contributed by atoms with Gasteiger partial charge in [-0.25, -0.2) is 0 Å². The molecule has 1 aromatic carbocycles. The van der Waals surface area contributed by atoms with Crippen LogP contribution in [0.4, 0.5) is 5.69 Å². The maximum absolute atomic E-state index is 12.3. The van der Waals surface area contributed by atoms with E-state index in [4.69, 9.17) is 5.73 Å².